The highest BCUT2D eigenvalue weighted by Gasteiger charge is 2.24. The molecule has 4 rings (SSSR count). The number of pyridine rings is 1. The van der Waals surface area contributed by atoms with Crippen LogP contribution in [0.4, 0.5) is 0 Å². The molecule has 0 radical (unpaired) electrons. The van der Waals surface area contributed by atoms with Crippen LogP contribution < -0.4 is 15.2 Å². The maximum Gasteiger partial charge on any atom is 0.131 e. The lowest BCUT2D eigenvalue weighted by Gasteiger charge is -2.17. The maximum absolute atomic E-state index is 6.33. The fourth-order valence-corrected chi connectivity index (χ4v) is 3.42. The summed E-state index contributed by atoms with van der Waals surface area (Å²) in [5.74, 6) is 1.66. The SMILES string of the molecule is COc1ccc2c(OC3CCC(N)C3)cc(-c3ccccc3)nc2c1. The van der Waals surface area contributed by atoms with Crippen LogP contribution in [0.1, 0.15) is 19.3 Å². The van der Waals surface area contributed by atoms with Gasteiger partial charge in [0.25, 0.3) is 0 Å². The fraction of sp³-hybridized carbons (Fsp3) is 0.286. The van der Waals surface area contributed by atoms with Crippen molar-refractivity contribution in [3.05, 3.63) is 54.6 Å². The van der Waals surface area contributed by atoms with Crippen molar-refractivity contribution in [1.29, 1.82) is 0 Å². The highest BCUT2D eigenvalue weighted by Crippen LogP contribution is 2.34. The molecule has 4 heteroatoms. The molecule has 2 aromatic carbocycles. The lowest BCUT2D eigenvalue weighted by atomic mass is 10.1. The van der Waals surface area contributed by atoms with E-state index in [1.807, 2.05) is 42.5 Å². The fourth-order valence-electron chi connectivity index (χ4n) is 3.42. The van der Waals surface area contributed by atoms with Crippen molar-refractivity contribution in [2.75, 3.05) is 7.11 Å². The topological polar surface area (TPSA) is 57.4 Å². The maximum atomic E-state index is 6.33. The van der Waals surface area contributed by atoms with Crippen molar-refractivity contribution in [3.63, 3.8) is 0 Å². The zero-order valence-corrected chi connectivity index (χ0v) is 14.3. The average molecular weight is 334 g/mol. The second-order valence-corrected chi connectivity index (χ2v) is 6.57. The van der Waals surface area contributed by atoms with Gasteiger partial charge in [-0.05, 0) is 31.4 Å². The first-order valence-corrected chi connectivity index (χ1v) is 8.69. The van der Waals surface area contributed by atoms with Gasteiger partial charge in [-0.2, -0.15) is 0 Å². The molecule has 0 bridgehead atoms. The molecule has 2 atom stereocenters. The lowest BCUT2D eigenvalue weighted by molar-refractivity contribution is 0.211. The number of hydrogen-bond acceptors (Lipinski definition) is 4. The second kappa shape index (κ2) is 6.73. The van der Waals surface area contributed by atoms with Gasteiger partial charge >= 0.3 is 0 Å². The molecular weight excluding hydrogens is 312 g/mol. The Labute approximate surface area is 147 Å². The van der Waals surface area contributed by atoms with Gasteiger partial charge in [0.05, 0.1) is 18.3 Å². The molecule has 25 heavy (non-hydrogen) atoms. The summed E-state index contributed by atoms with van der Waals surface area (Å²) in [5, 5.41) is 1.00. The van der Waals surface area contributed by atoms with E-state index in [0.717, 1.165) is 52.9 Å². The van der Waals surface area contributed by atoms with Gasteiger partial charge in [-0.15, -0.1) is 0 Å². The summed E-state index contributed by atoms with van der Waals surface area (Å²) in [6.07, 6.45) is 3.10. The summed E-state index contributed by atoms with van der Waals surface area (Å²) >= 11 is 0. The molecule has 2 N–H and O–H groups in total. The van der Waals surface area contributed by atoms with Crippen LogP contribution in [0.15, 0.2) is 54.6 Å². The highest BCUT2D eigenvalue weighted by molar-refractivity contribution is 5.89. The molecule has 128 valence electrons. The standard InChI is InChI=1S/C21H22N2O2/c1-24-16-9-10-18-20(12-16)23-19(14-5-3-2-4-6-14)13-21(18)25-17-8-7-15(22)11-17/h2-6,9-10,12-13,15,17H,7-8,11,22H2,1H3. The van der Waals surface area contributed by atoms with E-state index in [1.165, 1.54) is 0 Å². The monoisotopic (exact) mass is 334 g/mol. The van der Waals surface area contributed by atoms with E-state index >= 15 is 0 Å². The number of nitrogens with zero attached hydrogens (tertiary/aromatic N) is 1. The van der Waals surface area contributed by atoms with Crippen molar-refractivity contribution >= 4 is 10.9 Å². The zero-order valence-electron chi connectivity index (χ0n) is 14.3. The molecule has 1 aromatic heterocycles. The van der Waals surface area contributed by atoms with Crippen LogP contribution in [-0.4, -0.2) is 24.2 Å². The van der Waals surface area contributed by atoms with Gasteiger partial charge in [0.2, 0.25) is 0 Å². The number of nitrogens with two attached hydrogens (primary N) is 1. The highest BCUT2D eigenvalue weighted by atomic mass is 16.5. The predicted octanol–water partition coefficient (Wildman–Crippen LogP) is 4.17. The van der Waals surface area contributed by atoms with Crippen molar-refractivity contribution in [3.8, 4) is 22.8 Å². The van der Waals surface area contributed by atoms with Gasteiger partial charge in [0, 0.05) is 29.1 Å². The van der Waals surface area contributed by atoms with E-state index < -0.39 is 0 Å². The normalized spacial score (nSPS) is 19.9. The third-order valence-corrected chi connectivity index (χ3v) is 4.77. The van der Waals surface area contributed by atoms with E-state index in [2.05, 4.69) is 12.1 Å². The van der Waals surface area contributed by atoms with Gasteiger partial charge in [0.15, 0.2) is 0 Å². The summed E-state index contributed by atoms with van der Waals surface area (Å²) in [4.78, 5) is 4.82. The molecule has 0 amide bonds. The molecule has 4 nitrogen and oxygen atoms in total. The number of methoxy groups -OCH3 is 1. The van der Waals surface area contributed by atoms with Gasteiger partial charge < -0.3 is 15.2 Å². The van der Waals surface area contributed by atoms with Crippen LogP contribution in [0, 0.1) is 0 Å². The Morgan fingerprint density at radius 1 is 1.04 bits per heavy atom. The van der Waals surface area contributed by atoms with E-state index in [9.17, 15) is 0 Å². The van der Waals surface area contributed by atoms with Gasteiger partial charge in [0.1, 0.15) is 17.6 Å². The first-order valence-electron chi connectivity index (χ1n) is 8.69. The van der Waals surface area contributed by atoms with E-state index in [0.29, 0.717) is 0 Å². The Morgan fingerprint density at radius 3 is 2.60 bits per heavy atom. The number of benzene rings is 2. The smallest absolute Gasteiger partial charge is 0.131 e. The van der Waals surface area contributed by atoms with Crippen LogP contribution in [0.25, 0.3) is 22.2 Å². The van der Waals surface area contributed by atoms with Crippen molar-refractivity contribution in [1.82, 2.24) is 4.98 Å². The quantitative estimate of drug-likeness (QED) is 0.778. The molecule has 1 heterocycles. The summed E-state index contributed by atoms with van der Waals surface area (Å²) in [5.41, 5.74) is 8.89. The lowest BCUT2D eigenvalue weighted by Crippen LogP contribution is -2.19. The van der Waals surface area contributed by atoms with Crippen LogP contribution >= 0.6 is 0 Å². The number of ether oxygens (including phenoxy) is 2. The minimum Gasteiger partial charge on any atom is -0.497 e. The van der Waals surface area contributed by atoms with E-state index in [1.54, 1.807) is 7.11 Å². The molecule has 0 spiro atoms. The first kappa shape index (κ1) is 15.9. The Hall–Kier alpha value is -2.59. The van der Waals surface area contributed by atoms with Crippen molar-refractivity contribution in [2.24, 2.45) is 5.73 Å². The Morgan fingerprint density at radius 2 is 1.88 bits per heavy atom. The predicted molar refractivity (Wildman–Crippen MR) is 100.0 cm³/mol. The largest absolute Gasteiger partial charge is 0.497 e. The summed E-state index contributed by atoms with van der Waals surface area (Å²) in [7, 11) is 1.67. The van der Waals surface area contributed by atoms with Crippen molar-refractivity contribution in [2.45, 2.75) is 31.4 Å². The molecule has 0 aliphatic heterocycles. The summed E-state index contributed by atoms with van der Waals surface area (Å²) < 4.78 is 11.7. The van der Waals surface area contributed by atoms with E-state index in [4.69, 9.17) is 20.2 Å². The number of rotatable bonds is 4. The summed E-state index contributed by atoms with van der Waals surface area (Å²) in [6, 6.07) is 18.3. The number of fused-ring (bicyclic) bond motifs is 1. The molecular formula is C21H22N2O2. The Bertz CT molecular complexity index is 880. The molecule has 1 fully saturated rings. The molecule has 0 saturated heterocycles. The second-order valence-electron chi connectivity index (χ2n) is 6.57. The Kier molecular flexibility index (Phi) is 4.28. The minimum atomic E-state index is 0.173. The van der Waals surface area contributed by atoms with E-state index in [-0.39, 0.29) is 12.1 Å². The molecule has 3 aromatic rings. The first-order chi connectivity index (χ1) is 12.2. The Balaban J connectivity index is 1.80. The number of hydrogen-bond donors (Lipinski definition) is 1. The van der Waals surface area contributed by atoms with Crippen LogP contribution in [0.5, 0.6) is 11.5 Å². The molecule has 1 aliphatic carbocycles. The molecule has 1 aliphatic rings. The van der Waals surface area contributed by atoms with Gasteiger partial charge in [-0.25, -0.2) is 4.98 Å². The molecule has 2 unspecified atom stereocenters. The average Bonchev–Trinajstić information content (AvgIpc) is 3.06. The summed E-state index contributed by atoms with van der Waals surface area (Å²) in [6.45, 7) is 0. The van der Waals surface area contributed by atoms with Crippen LogP contribution in [-0.2, 0) is 0 Å². The minimum absolute atomic E-state index is 0.173. The third-order valence-electron chi connectivity index (χ3n) is 4.77. The third kappa shape index (κ3) is 3.30. The molecule has 1 saturated carbocycles. The zero-order chi connectivity index (χ0) is 17.2. The van der Waals surface area contributed by atoms with Gasteiger partial charge in [-0.3, -0.25) is 0 Å². The van der Waals surface area contributed by atoms with Crippen molar-refractivity contribution < 1.29 is 9.47 Å². The van der Waals surface area contributed by atoms with Crippen LogP contribution in [0.3, 0.4) is 0 Å². The van der Waals surface area contributed by atoms with Crippen LogP contribution in [0.2, 0.25) is 0 Å². The number of aromatic nitrogens is 1. The van der Waals surface area contributed by atoms with Gasteiger partial charge in [-0.1, -0.05) is 30.3 Å².